The number of sulfone groups is 1. The summed E-state index contributed by atoms with van der Waals surface area (Å²) in [6.45, 7) is 0. The van der Waals surface area contributed by atoms with Crippen molar-refractivity contribution in [1.82, 2.24) is 0 Å². The Balaban J connectivity index is 2.90. The molecular weight excluding hydrogens is 285 g/mol. The monoisotopic (exact) mass is 296 g/mol. The SMILES string of the molecule is COC(=O)Cc1ccc(S(=O)(=O)CC(F)(F)F)cc1. The Morgan fingerprint density at radius 1 is 1.21 bits per heavy atom. The molecule has 0 radical (unpaired) electrons. The number of esters is 1. The lowest BCUT2D eigenvalue weighted by Crippen LogP contribution is -2.22. The number of alkyl halides is 3. The van der Waals surface area contributed by atoms with Crippen molar-refractivity contribution in [2.24, 2.45) is 0 Å². The molecule has 0 aromatic heterocycles. The van der Waals surface area contributed by atoms with Gasteiger partial charge in [-0.1, -0.05) is 12.1 Å². The highest BCUT2D eigenvalue weighted by molar-refractivity contribution is 7.91. The molecule has 8 heteroatoms. The Labute approximate surface area is 108 Å². The van der Waals surface area contributed by atoms with Crippen LogP contribution in [-0.2, 0) is 25.8 Å². The number of ether oxygens (including phenoxy) is 1. The number of carbonyl (C=O) groups is 1. The van der Waals surface area contributed by atoms with E-state index in [1.54, 1.807) is 0 Å². The maximum atomic E-state index is 12.1. The van der Waals surface area contributed by atoms with E-state index in [2.05, 4.69) is 4.74 Å². The van der Waals surface area contributed by atoms with Crippen molar-refractivity contribution in [3.8, 4) is 0 Å². The van der Waals surface area contributed by atoms with Gasteiger partial charge in [-0.15, -0.1) is 0 Å². The zero-order valence-electron chi connectivity index (χ0n) is 9.90. The minimum atomic E-state index is -4.79. The van der Waals surface area contributed by atoms with Gasteiger partial charge in [0.1, 0.15) is 0 Å². The lowest BCUT2D eigenvalue weighted by molar-refractivity contribution is -0.139. The number of benzene rings is 1. The van der Waals surface area contributed by atoms with E-state index in [9.17, 15) is 26.4 Å². The zero-order valence-corrected chi connectivity index (χ0v) is 10.7. The molecule has 1 rings (SSSR count). The van der Waals surface area contributed by atoms with Gasteiger partial charge in [0, 0.05) is 0 Å². The van der Waals surface area contributed by atoms with Crippen LogP contribution in [-0.4, -0.2) is 33.4 Å². The molecule has 0 N–H and O–H groups in total. The average Bonchev–Trinajstić information content (AvgIpc) is 2.26. The largest absolute Gasteiger partial charge is 0.469 e. The van der Waals surface area contributed by atoms with Crippen molar-refractivity contribution in [3.63, 3.8) is 0 Å². The normalized spacial score (nSPS) is 12.2. The van der Waals surface area contributed by atoms with Gasteiger partial charge in [-0.2, -0.15) is 13.2 Å². The van der Waals surface area contributed by atoms with Crippen molar-refractivity contribution in [1.29, 1.82) is 0 Å². The Morgan fingerprint density at radius 3 is 2.16 bits per heavy atom. The summed E-state index contributed by atoms with van der Waals surface area (Å²) in [7, 11) is -3.21. The number of rotatable bonds is 4. The Bertz CT molecular complexity index is 546. The van der Waals surface area contributed by atoms with Crippen LogP contribution in [0.15, 0.2) is 29.2 Å². The summed E-state index contributed by atoms with van der Waals surface area (Å²) in [5.74, 6) is -2.43. The third kappa shape index (κ3) is 4.90. The highest BCUT2D eigenvalue weighted by Gasteiger charge is 2.35. The summed E-state index contributed by atoms with van der Waals surface area (Å²) >= 11 is 0. The highest BCUT2D eigenvalue weighted by atomic mass is 32.2. The third-order valence-corrected chi connectivity index (χ3v) is 3.91. The lowest BCUT2D eigenvalue weighted by atomic mass is 10.2. The van der Waals surface area contributed by atoms with Crippen LogP contribution in [0.4, 0.5) is 13.2 Å². The molecule has 0 aliphatic heterocycles. The Morgan fingerprint density at radius 2 is 1.74 bits per heavy atom. The van der Waals surface area contributed by atoms with E-state index in [1.165, 1.54) is 19.2 Å². The van der Waals surface area contributed by atoms with E-state index in [1.807, 2.05) is 0 Å². The molecule has 0 heterocycles. The van der Waals surface area contributed by atoms with Crippen molar-refractivity contribution in [2.75, 3.05) is 12.9 Å². The smallest absolute Gasteiger partial charge is 0.403 e. The molecular formula is C11H11F3O4S. The summed E-state index contributed by atoms with van der Waals surface area (Å²) in [6, 6.07) is 4.64. The fraction of sp³-hybridized carbons (Fsp3) is 0.364. The molecule has 1 aromatic carbocycles. The second kappa shape index (κ2) is 5.60. The second-order valence-corrected chi connectivity index (χ2v) is 5.76. The first kappa shape index (κ1) is 15.5. The molecule has 0 fully saturated rings. The molecule has 4 nitrogen and oxygen atoms in total. The van der Waals surface area contributed by atoms with Crippen molar-refractivity contribution in [3.05, 3.63) is 29.8 Å². The molecule has 0 aliphatic rings. The molecule has 106 valence electrons. The predicted molar refractivity (Wildman–Crippen MR) is 60.3 cm³/mol. The first-order valence-corrected chi connectivity index (χ1v) is 6.74. The van der Waals surface area contributed by atoms with E-state index in [0.29, 0.717) is 5.56 Å². The first-order chi connectivity index (χ1) is 8.64. The maximum Gasteiger partial charge on any atom is 0.403 e. The predicted octanol–water partition coefficient (Wildman–Crippen LogP) is 1.74. The van der Waals surface area contributed by atoms with E-state index >= 15 is 0 Å². The minimum absolute atomic E-state index is 0.0733. The van der Waals surface area contributed by atoms with Crippen molar-refractivity contribution < 1.29 is 31.1 Å². The van der Waals surface area contributed by atoms with E-state index < -0.39 is 32.6 Å². The van der Waals surface area contributed by atoms with Gasteiger partial charge in [-0.05, 0) is 17.7 Å². The van der Waals surface area contributed by atoms with Gasteiger partial charge >= 0.3 is 12.1 Å². The van der Waals surface area contributed by atoms with Crippen LogP contribution in [0.1, 0.15) is 5.56 Å². The van der Waals surface area contributed by atoms with Gasteiger partial charge in [0.2, 0.25) is 0 Å². The maximum absolute atomic E-state index is 12.1. The summed E-state index contributed by atoms with van der Waals surface area (Å²) in [5, 5.41) is 0. The van der Waals surface area contributed by atoms with E-state index in [4.69, 9.17) is 0 Å². The Kier molecular flexibility index (Phi) is 4.56. The lowest BCUT2D eigenvalue weighted by Gasteiger charge is -2.08. The van der Waals surface area contributed by atoms with Gasteiger partial charge in [0.25, 0.3) is 0 Å². The molecule has 0 unspecified atom stereocenters. The Hall–Kier alpha value is -1.57. The molecule has 1 aromatic rings. The molecule has 0 saturated carbocycles. The molecule has 0 saturated heterocycles. The van der Waals surface area contributed by atoms with Crippen LogP contribution < -0.4 is 0 Å². The highest BCUT2D eigenvalue weighted by Crippen LogP contribution is 2.22. The van der Waals surface area contributed by atoms with Crippen LogP contribution in [0.5, 0.6) is 0 Å². The average molecular weight is 296 g/mol. The number of halogens is 3. The minimum Gasteiger partial charge on any atom is -0.469 e. The fourth-order valence-electron chi connectivity index (χ4n) is 1.35. The molecule has 0 spiro atoms. The first-order valence-electron chi connectivity index (χ1n) is 5.09. The molecule has 0 bridgehead atoms. The summed E-state index contributed by atoms with van der Waals surface area (Å²) in [4.78, 5) is 10.5. The van der Waals surface area contributed by atoms with Crippen molar-refractivity contribution in [2.45, 2.75) is 17.5 Å². The molecule has 19 heavy (non-hydrogen) atoms. The zero-order chi connectivity index (χ0) is 14.7. The number of carbonyl (C=O) groups excluding carboxylic acids is 1. The van der Waals surface area contributed by atoms with E-state index in [-0.39, 0.29) is 6.42 Å². The topological polar surface area (TPSA) is 60.4 Å². The standard InChI is InChI=1S/C11H11F3O4S/c1-18-10(15)6-8-2-4-9(5-3-8)19(16,17)7-11(12,13)14/h2-5H,6-7H2,1H3. The number of hydrogen-bond donors (Lipinski definition) is 0. The number of hydrogen-bond acceptors (Lipinski definition) is 4. The van der Waals surface area contributed by atoms with Gasteiger partial charge in [0.15, 0.2) is 15.6 Å². The van der Waals surface area contributed by atoms with Gasteiger partial charge in [-0.3, -0.25) is 4.79 Å². The van der Waals surface area contributed by atoms with Crippen LogP contribution in [0.25, 0.3) is 0 Å². The van der Waals surface area contributed by atoms with Gasteiger partial charge in [-0.25, -0.2) is 8.42 Å². The van der Waals surface area contributed by atoms with Crippen LogP contribution in [0.3, 0.4) is 0 Å². The van der Waals surface area contributed by atoms with E-state index in [0.717, 1.165) is 12.1 Å². The molecule has 0 aliphatic carbocycles. The van der Waals surface area contributed by atoms with Crippen LogP contribution in [0, 0.1) is 0 Å². The number of methoxy groups -OCH3 is 1. The third-order valence-electron chi connectivity index (χ3n) is 2.21. The second-order valence-electron chi connectivity index (χ2n) is 3.77. The summed E-state index contributed by atoms with van der Waals surface area (Å²) in [6.07, 6.45) is -4.86. The quantitative estimate of drug-likeness (QED) is 0.794. The van der Waals surface area contributed by atoms with Crippen LogP contribution in [0.2, 0.25) is 0 Å². The summed E-state index contributed by atoms with van der Waals surface area (Å²) < 4.78 is 63.5. The fourth-order valence-corrected chi connectivity index (χ4v) is 2.50. The van der Waals surface area contributed by atoms with Gasteiger partial charge < -0.3 is 4.74 Å². The molecule has 0 amide bonds. The van der Waals surface area contributed by atoms with Crippen molar-refractivity contribution >= 4 is 15.8 Å². The van der Waals surface area contributed by atoms with Crippen LogP contribution >= 0.6 is 0 Å². The van der Waals surface area contributed by atoms with Gasteiger partial charge in [0.05, 0.1) is 18.4 Å². The summed E-state index contributed by atoms with van der Waals surface area (Å²) in [5.41, 5.74) is 0.456. The molecule has 0 atom stereocenters.